The Morgan fingerprint density at radius 3 is 2.71 bits per heavy atom. The van der Waals surface area contributed by atoms with Gasteiger partial charge in [-0.3, -0.25) is 10.1 Å². The largest absolute Gasteiger partial charge is 0.500 e. The molecule has 0 aliphatic rings. The van der Waals surface area contributed by atoms with Crippen LogP contribution in [-0.2, 0) is 0 Å². The lowest BCUT2D eigenvalue weighted by Gasteiger charge is -2.12. The SMILES string of the molecule is COc1cc(C(O)CCN)cc([N+](=O)[O-])c1O. The van der Waals surface area contributed by atoms with E-state index < -0.39 is 22.5 Å². The average Bonchev–Trinajstić information content (AvgIpc) is 2.29. The molecule has 7 nitrogen and oxygen atoms in total. The first kappa shape index (κ1) is 13.2. The summed E-state index contributed by atoms with van der Waals surface area (Å²) in [6.45, 7) is 0.248. The minimum absolute atomic E-state index is 0.0507. The fraction of sp³-hybridized carbons (Fsp3) is 0.400. The number of ether oxygens (including phenoxy) is 1. The van der Waals surface area contributed by atoms with Gasteiger partial charge >= 0.3 is 5.69 Å². The van der Waals surface area contributed by atoms with Gasteiger partial charge in [0.1, 0.15) is 0 Å². The van der Waals surface area contributed by atoms with Crippen molar-refractivity contribution in [1.82, 2.24) is 0 Å². The molecule has 0 fully saturated rings. The Morgan fingerprint density at radius 2 is 2.24 bits per heavy atom. The van der Waals surface area contributed by atoms with Crippen LogP contribution < -0.4 is 10.5 Å². The Hall–Kier alpha value is -1.86. The van der Waals surface area contributed by atoms with Gasteiger partial charge in [-0.2, -0.15) is 0 Å². The molecule has 0 aromatic heterocycles. The number of aliphatic hydroxyl groups is 1. The van der Waals surface area contributed by atoms with Crippen molar-refractivity contribution in [3.63, 3.8) is 0 Å². The number of hydrogen-bond acceptors (Lipinski definition) is 6. The molecule has 0 amide bonds. The topological polar surface area (TPSA) is 119 Å². The maximum absolute atomic E-state index is 10.7. The summed E-state index contributed by atoms with van der Waals surface area (Å²) >= 11 is 0. The van der Waals surface area contributed by atoms with Crippen molar-refractivity contribution in [2.75, 3.05) is 13.7 Å². The highest BCUT2D eigenvalue weighted by molar-refractivity contribution is 5.57. The van der Waals surface area contributed by atoms with Gasteiger partial charge in [-0.25, -0.2) is 0 Å². The van der Waals surface area contributed by atoms with Gasteiger partial charge in [-0.1, -0.05) is 0 Å². The number of phenolic OH excluding ortho intramolecular Hbond substituents is 1. The zero-order valence-electron chi connectivity index (χ0n) is 9.29. The number of nitrogens with two attached hydrogens (primary N) is 1. The van der Waals surface area contributed by atoms with E-state index in [1.54, 1.807) is 0 Å². The quantitative estimate of drug-likeness (QED) is 0.516. The van der Waals surface area contributed by atoms with E-state index in [0.717, 1.165) is 6.07 Å². The normalized spacial score (nSPS) is 12.2. The second-order valence-electron chi connectivity index (χ2n) is 3.44. The fourth-order valence-corrected chi connectivity index (χ4v) is 1.43. The summed E-state index contributed by atoms with van der Waals surface area (Å²) in [4.78, 5) is 9.97. The first-order chi connectivity index (χ1) is 8.01. The Morgan fingerprint density at radius 1 is 1.59 bits per heavy atom. The minimum Gasteiger partial charge on any atom is -0.500 e. The summed E-state index contributed by atoms with van der Waals surface area (Å²) in [5.41, 5.74) is 5.08. The van der Waals surface area contributed by atoms with Crippen LogP contribution in [-0.4, -0.2) is 28.8 Å². The van der Waals surface area contributed by atoms with Crippen molar-refractivity contribution >= 4 is 5.69 Å². The molecule has 0 aliphatic carbocycles. The van der Waals surface area contributed by atoms with E-state index in [-0.39, 0.29) is 24.3 Å². The van der Waals surface area contributed by atoms with Crippen molar-refractivity contribution in [1.29, 1.82) is 0 Å². The van der Waals surface area contributed by atoms with Crippen LogP contribution in [0.2, 0.25) is 0 Å². The molecule has 0 saturated heterocycles. The van der Waals surface area contributed by atoms with Crippen LogP contribution in [0.3, 0.4) is 0 Å². The van der Waals surface area contributed by atoms with Crippen LogP contribution in [0.15, 0.2) is 12.1 Å². The monoisotopic (exact) mass is 242 g/mol. The molecule has 0 heterocycles. The number of hydrogen-bond donors (Lipinski definition) is 3. The van der Waals surface area contributed by atoms with Crippen molar-refractivity contribution in [2.24, 2.45) is 5.73 Å². The van der Waals surface area contributed by atoms with Crippen molar-refractivity contribution in [3.05, 3.63) is 27.8 Å². The summed E-state index contributed by atoms with van der Waals surface area (Å²) in [5.74, 6) is -0.605. The van der Waals surface area contributed by atoms with E-state index in [9.17, 15) is 20.3 Å². The molecule has 1 aromatic rings. The molecule has 1 atom stereocenters. The van der Waals surface area contributed by atoms with Gasteiger partial charge in [0.25, 0.3) is 0 Å². The summed E-state index contributed by atoms with van der Waals surface area (Å²) in [6.07, 6.45) is -0.654. The van der Waals surface area contributed by atoms with Gasteiger partial charge in [0, 0.05) is 6.07 Å². The summed E-state index contributed by atoms with van der Waals surface area (Å²) in [7, 11) is 1.28. The van der Waals surface area contributed by atoms with Crippen molar-refractivity contribution in [3.8, 4) is 11.5 Å². The van der Waals surface area contributed by atoms with Crippen LogP contribution in [0.5, 0.6) is 11.5 Å². The van der Waals surface area contributed by atoms with Gasteiger partial charge in [0.15, 0.2) is 5.75 Å². The fourth-order valence-electron chi connectivity index (χ4n) is 1.43. The Kier molecular flexibility index (Phi) is 4.24. The Labute approximate surface area is 97.6 Å². The molecular formula is C10H14N2O5. The summed E-state index contributed by atoms with van der Waals surface area (Å²) < 4.78 is 4.81. The Bertz CT molecular complexity index is 421. The molecule has 1 rings (SSSR count). The molecule has 0 radical (unpaired) electrons. The van der Waals surface area contributed by atoms with E-state index in [4.69, 9.17) is 10.5 Å². The van der Waals surface area contributed by atoms with E-state index >= 15 is 0 Å². The number of nitro benzene ring substituents is 1. The lowest BCUT2D eigenvalue weighted by Crippen LogP contribution is -2.07. The predicted molar refractivity (Wildman–Crippen MR) is 59.9 cm³/mol. The maximum atomic E-state index is 10.7. The number of rotatable bonds is 5. The summed E-state index contributed by atoms with van der Waals surface area (Å²) in [6, 6.07) is 2.46. The highest BCUT2D eigenvalue weighted by atomic mass is 16.6. The number of benzene rings is 1. The van der Waals surface area contributed by atoms with Crippen LogP contribution in [0, 0.1) is 10.1 Å². The first-order valence-corrected chi connectivity index (χ1v) is 4.94. The third-order valence-electron chi connectivity index (χ3n) is 2.32. The van der Waals surface area contributed by atoms with Gasteiger partial charge in [-0.05, 0) is 24.6 Å². The number of nitro groups is 1. The number of aromatic hydroxyl groups is 1. The third kappa shape index (κ3) is 2.83. The number of methoxy groups -OCH3 is 1. The standard InChI is InChI=1S/C10H14N2O5/c1-17-9-5-6(8(13)2-3-11)4-7(10(9)14)12(15)16/h4-5,8,13-14H,2-3,11H2,1H3. The van der Waals surface area contributed by atoms with Gasteiger partial charge < -0.3 is 20.7 Å². The molecule has 17 heavy (non-hydrogen) atoms. The van der Waals surface area contributed by atoms with E-state index in [0.29, 0.717) is 0 Å². The van der Waals surface area contributed by atoms with Crippen LogP contribution >= 0.6 is 0 Å². The highest BCUT2D eigenvalue weighted by Gasteiger charge is 2.22. The van der Waals surface area contributed by atoms with Crippen molar-refractivity contribution in [2.45, 2.75) is 12.5 Å². The molecule has 0 bridgehead atoms. The molecule has 0 spiro atoms. The minimum atomic E-state index is -0.923. The number of aliphatic hydroxyl groups excluding tert-OH is 1. The van der Waals surface area contributed by atoms with Gasteiger partial charge in [0.2, 0.25) is 5.75 Å². The zero-order chi connectivity index (χ0) is 13.0. The van der Waals surface area contributed by atoms with E-state index in [1.807, 2.05) is 0 Å². The van der Waals surface area contributed by atoms with Gasteiger partial charge in [0.05, 0.1) is 18.1 Å². The molecule has 1 aromatic carbocycles. The lowest BCUT2D eigenvalue weighted by molar-refractivity contribution is -0.386. The molecule has 94 valence electrons. The lowest BCUT2D eigenvalue weighted by atomic mass is 10.0. The van der Waals surface area contributed by atoms with Gasteiger partial charge in [-0.15, -0.1) is 0 Å². The van der Waals surface area contributed by atoms with Crippen LogP contribution in [0.1, 0.15) is 18.1 Å². The molecule has 7 heteroatoms. The molecule has 1 unspecified atom stereocenters. The third-order valence-corrected chi connectivity index (χ3v) is 2.32. The number of phenols is 1. The van der Waals surface area contributed by atoms with Crippen molar-refractivity contribution < 1.29 is 19.9 Å². The van der Waals surface area contributed by atoms with E-state index in [1.165, 1.54) is 13.2 Å². The first-order valence-electron chi connectivity index (χ1n) is 4.94. The van der Waals surface area contributed by atoms with E-state index in [2.05, 4.69) is 0 Å². The molecule has 4 N–H and O–H groups in total. The summed E-state index contributed by atoms with van der Waals surface area (Å²) in [5, 5.41) is 29.9. The predicted octanol–water partition coefficient (Wildman–Crippen LogP) is 0.691. The number of nitrogens with zero attached hydrogens (tertiary/aromatic N) is 1. The van der Waals surface area contributed by atoms with Crippen LogP contribution in [0.4, 0.5) is 5.69 Å². The highest BCUT2D eigenvalue weighted by Crippen LogP contribution is 2.38. The zero-order valence-corrected chi connectivity index (χ0v) is 9.29. The molecule has 0 saturated carbocycles. The Balaban J connectivity index is 3.24. The molecular weight excluding hydrogens is 228 g/mol. The second-order valence-corrected chi connectivity index (χ2v) is 3.44. The smallest absolute Gasteiger partial charge is 0.315 e. The second kappa shape index (κ2) is 5.46. The van der Waals surface area contributed by atoms with Crippen LogP contribution in [0.25, 0.3) is 0 Å². The molecule has 0 aliphatic heterocycles. The average molecular weight is 242 g/mol. The maximum Gasteiger partial charge on any atom is 0.315 e.